The van der Waals surface area contributed by atoms with E-state index in [9.17, 15) is 4.79 Å². The number of hydrogen-bond acceptors (Lipinski definition) is 4. The normalized spacial score (nSPS) is 15.3. The predicted molar refractivity (Wildman–Crippen MR) is 121 cm³/mol. The van der Waals surface area contributed by atoms with E-state index in [0.29, 0.717) is 11.4 Å². The number of aryl methyl sites for hydroxylation is 2. The molecule has 0 atom stereocenters. The SMILES string of the molecule is Cc1cc(C)cc(-c2cc(NC(=O)c3cccc(CN4CCN(C)CC4)c3)n[nH]2)c1. The highest BCUT2D eigenvalue weighted by molar-refractivity contribution is 6.04. The number of hydrogen-bond donors (Lipinski definition) is 2. The first-order valence-corrected chi connectivity index (χ1v) is 10.4. The van der Waals surface area contributed by atoms with Crippen molar-refractivity contribution in [1.29, 1.82) is 0 Å². The van der Waals surface area contributed by atoms with Crippen molar-refractivity contribution in [1.82, 2.24) is 20.0 Å². The predicted octanol–water partition coefficient (Wildman–Crippen LogP) is 3.69. The Balaban J connectivity index is 1.42. The van der Waals surface area contributed by atoms with E-state index in [1.165, 1.54) is 11.1 Å². The first kappa shape index (κ1) is 20.3. The van der Waals surface area contributed by atoms with Crippen molar-refractivity contribution < 1.29 is 4.79 Å². The molecule has 6 nitrogen and oxygen atoms in total. The summed E-state index contributed by atoms with van der Waals surface area (Å²) in [5.41, 5.74) is 6.16. The van der Waals surface area contributed by atoms with E-state index in [0.717, 1.165) is 49.5 Å². The molecule has 0 unspecified atom stereocenters. The number of benzene rings is 2. The van der Waals surface area contributed by atoms with E-state index in [1.54, 1.807) is 0 Å². The van der Waals surface area contributed by atoms with Crippen LogP contribution in [0.3, 0.4) is 0 Å². The minimum absolute atomic E-state index is 0.145. The van der Waals surface area contributed by atoms with Gasteiger partial charge >= 0.3 is 0 Å². The molecule has 1 aliphatic heterocycles. The molecule has 2 heterocycles. The van der Waals surface area contributed by atoms with Gasteiger partial charge in [0.2, 0.25) is 0 Å². The molecule has 0 spiro atoms. The Kier molecular flexibility index (Phi) is 5.97. The zero-order valence-corrected chi connectivity index (χ0v) is 17.9. The molecule has 0 aliphatic carbocycles. The van der Waals surface area contributed by atoms with Crippen molar-refractivity contribution in [3.8, 4) is 11.3 Å². The van der Waals surface area contributed by atoms with Crippen LogP contribution in [0.25, 0.3) is 11.3 Å². The van der Waals surface area contributed by atoms with Gasteiger partial charge in [-0.1, -0.05) is 29.3 Å². The Morgan fingerprint density at radius 1 is 1.03 bits per heavy atom. The summed E-state index contributed by atoms with van der Waals surface area (Å²) in [4.78, 5) is 17.5. The highest BCUT2D eigenvalue weighted by Crippen LogP contribution is 2.23. The average Bonchev–Trinajstić information content (AvgIpc) is 3.18. The van der Waals surface area contributed by atoms with E-state index in [2.05, 4.69) is 70.5 Å². The number of carbonyl (C=O) groups excluding carboxylic acids is 1. The second-order valence-corrected chi connectivity index (χ2v) is 8.28. The Morgan fingerprint density at radius 3 is 2.50 bits per heavy atom. The molecule has 4 rings (SSSR count). The van der Waals surface area contributed by atoms with Crippen LogP contribution in [0.2, 0.25) is 0 Å². The van der Waals surface area contributed by atoms with Crippen molar-refractivity contribution in [3.05, 3.63) is 70.8 Å². The zero-order chi connectivity index (χ0) is 21.1. The first-order valence-electron chi connectivity index (χ1n) is 10.4. The monoisotopic (exact) mass is 403 g/mol. The Labute approximate surface area is 177 Å². The molecule has 1 saturated heterocycles. The van der Waals surface area contributed by atoms with Gasteiger partial charge in [-0.25, -0.2) is 0 Å². The van der Waals surface area contributed by atoms with Crippen LogP contribution in [0.1, 0.15) is 27.0 Å². The maximum absolute atomic E-state index is 12.8. The summed E-state index contributed by atoms with van der Waals surface area (Å²) < 4.78 is 0. The third-order valence-electron chi connectivity index (χ3n) is 5.54. The van der Waals surface area contributed by atoms with Crippen molar-refractivity contribution in [2.75, 3.05) is 38.5 Å². The van der Waals surface area contributed by atoms with Gasteiger partial charge in [0, 0.05) is 49.9 Å². The fraction of sp³-hybridized carbons (Fsp3) is 0.333. The minimum atomic E-state index is -0.145. The van der Waals surface area contributed by atoms with Gasteiger partial charge in [-0.15, -0.1) is 0 Å². The number of H-pyrrole nitrogens is 1. The summed E-state index contributed by atoms with van der Waals surface area (Å²) in [6, 6.07) is 16.1. The molecule has 0 saturated carbocycles. The van der Waals surface area contributed by atoms with E-state index in [-0.39, 0.29) is 5.91 Å². The van der Waals surface area contributed by atoms with Gasteiger partial charge in [-0.05, 0) is 50.7 Å². The van der Waals surface area contributed by atoms with Crippen LogP contribution in [0, 0.1) is 13.8 Å². The van der Waals surface area contributed by atoms with Gasteiger partial charge in [0.1, 0.15) is 0 Å². The van der Waals surface area contributed by atoms with Crippen LogP contribution in [-0.4, -0.2) is 59.1 Å². The molecular weight excluding hydrogens is 374 g/mol. The van der Waals surface area contributed by atoms with Gasteiger partial charge in [-0.2, -0.15) is 5.10 Å². The van der Waals surface area contributed by atoms with Gasteiger partial charge in [-0.3, -0.25) is 14.8 Å². The Hall–Kier alpha value is -2.96. The lowest BCUT2D eigenvalue weighted by atomic mass is 10.1. The summed E-state index contributed by atoms with van der Waals surface area (Å²) in [5.74, 6) is 0.382. The van der Waals surface area contributed by atoms with Crippen LogP contribution in [0.5, 0.6) is 0 Å². The van der Waals surface area contributed by atoms with Gasteiger partial charge in [0.15, 0.2) is 5.82 Å². The number of likely N-dealkylation sites (N-methyl/N-ethyl adjacent to an activating group) is 1. The standard InChI is InChI=1S/C24H29N5O/c1-17-11-18(2)13-21(12-17)22-15-23(27-26-22)25-24(30)20-6-4-5-19(14-20)16-29-9-7-28(3)8-10-29/h4-6,11-15H,7-10,16H2,1-3H3,(H2,25,26,27,30). The fourth-order valence-corrected chi connectivity index (χ4v) is 3.93. The average molecular weight is 404 g/mol. The summed E-state index contributed by atoms with van der Waals surface area (Å²) >= 11 is 0. The minimum Gasteiger partial charge on any atom is -0.305 e. The smallest absolute Gasteiger partial charge is 0.256 e. The number of piperazine rings is 1. The van der Waals surface area contributed by atoms with Crippen LogP contribution < -0.4 is 5.32 Å². The van der Waals surface area contributed by atoms with Crippen molar-refractivity contribution in [2.24, 2.45) is 0 Å². The Morgan fingerprint density at radius 2 is 1.77 bits per heavy atom. The molecule has 2 aromatic carbocycles. The lowest BCUT2D eigenvalue weighted by Crippen LogP contribution is -2.43. The summed E-state index contributed by atoms with van der Waals surface area (Å²) in [6.45, 7) is 9.30. The van der Waals surface area contributed by atoms with Gasteiger partial charge in [0.25, 0.3) is 5.91 Å². The molecule has 0 bridgehead atoms. The molecule has 2 N–H and O–H groups in total. The largest absolute Gasteiger partial charge is 0.305 e. The Bertz CT molecular complexity index is 1010. The van der Waals surface area contributed by atoms with E-state index in [1.807, 2.05) is 24.3 Å². The number of rotatable bonds is 5. The van der Waals surface area contributed by atoms with Crippen LogP contribution in [0.15, 0.2) is 48.5 Å². The maximum Gasteiger partial charge on any atom is 0.256 e. The van der Waals surface area contributed by atoms with E-state index >= 15 is 0 Å². The second-order valence-electron chi connectivity index (χ2n) is 8.28. The fourth-order valence-electron chi connectivity index (χ4n) is 3.93. The molecule has 0 radical (unpaired) electrons. The van der Waals surface area contributed by atoms with Gasteiger partial charge < -0.3 is 10.2 Å². The lowest BCUT2D eigenvalue weighted by molar-refractivity contribution is 0.102. The number of aromatic amines is 1. The number of carbonyl (C=O) groups is 1. The summed E-state index contributed by atoms with van der Waals surface area (Å²) in [5, 5.41) is 10.2. The number of aromatic nitrogens is 2. The van der Waals surface area contributed by atoms with Crippen LogP contribution in [0.4, 0.5) is 5.82 Å². The highest BCUT2D eigenvalue weighted by atomic mass is 16.1. The highest BCUT2D eigenvalue weighted by Gasteiger charge is 2.15. The number of nitrogens with zero attached hydrogens (tertiary/aromatic N) is 3. The number of nitrogens with one attached hydrogen (secondary N) is 2. The molecule has 1 amide bonds. The van der Waals surface area contributed by atoms with Crippen LogP contribution >= 0.6 is 0 Å². The molecular formula is C24H29N5O. The topological polar surface area (TPSA) is 64.3 Å². The third-order valence-corrected chi connectivity index (χ3v) is 5.54. The molecule has 6 heteroatoms. The summed E-state index contributed by atoms with van der Waals surface area (Å²) in [7, 11) is 2.16. The molecule has 1 aliphatic rings. The molecule has 1 fully saturated rings. The van der Waals surface area contributed by atoms with Crippen molar-refractivity contribution in [3.63, 3.8) is 0 Å². The molecule has 30 heavy (non-hydrogen) atoms. The molecule has 3 aromatic rings. The maximum atomic E-state index is 12.8. The molecule has 156 valence electrons. The van der Waals surface area contributed by atoms with E-state index < -0.39 is 0 Å². The molecule has 1 aromatic heterocycles. The lowest BCUT2D eigenvalue weighted by Gasteiger charge is -2.32. The number of amides is 1. The van der Waals surface area contributed by atoms with E-state index in [4.69, 9.17) is 0 Å². The van der Waals surface area contributed by atoms with Gasteiger partial charge in [0.05, 0.1) is 5.69 Å². The van der Waals surface area contributed by atoms with Crippen molar-refractivity contribution in [2.45, 2.75) is 20.4 Å². The van der Waals surface area contributed by atoms with Crippen molar-refractivity contribution >= 4 is 11.7 Å². The summed E-state index contributed by atoms with van der Waals surface area (Å²) in [6.07, 6.45) is 0. The van der Waals surface area contributed by atoms with Crippen LogP contribution in [-0.2, 0) is 6.54 Å². The number of anilines is 1. The second kappa shape index (κ2) is 8.81. The quantitative estimate of drug-likeness (QED) is 0.682. The first-order chi connectivity index (χ1) is 14.5. The zero-order valence-electron chi connectivity index (χ0n) is 17.9. The third kappa shape index (κ3) is 4.96.